The molecule has 0 aliphatic rings. The summed E-state index contributed by atoms with van der Waals surface area (Å²) in [5, 5.41) is 0. The molecule has 0 unspecified atom stereocenters. The predicted octanol–water partition coefficient (Wildman–Crippen LogP) is 3.61. The Labute approximate surface area is 116 Å². The molecule has 106 valence electrons. The van der Waals surface area contributed by atoms with Gasteiger partial charge in [-0.25, -0.2) is 4.98 Å². The molecule has 0 atom stereocenters. The van der Waals surface area contributed by atoms with Crippen LogP contribution >= 0.6 is 0 Å². The number of fused-ring (bicyclic) bond motifs is 1. The van der Waals surface area contributed by atoms with Gasteiger partial charge in [0.25, 0.3) is 0 Å². The Morgan fingerprint density at radius 3 is 2.45 bits per heavy atom. The standard InChI is InChI=1S/C15H17F2N3/c1-3-9-19(10-4-2)11-14-18-12-7-5-6-8-13(12)20(14)15(16)17/h3-8,15H,1-2,9-11H2. The lowest BCUT2D eigenvalue weighted by Crippen LogP contribution is -2.25. The van der Waals surface area contributed by atoms with Gasteiger partial charge in [-0.1, -0.05) is 24.3 Å². The maximum atomic E-state index is 13.3. The lowest BCUT2D eigenvalue weighted by Gasteiger charge is -2.18. The second-order valence-electron chi connectivity index (χ2n) is 4.44. The number of hydrogen-bond acceptors (Lipinski definition) is 2. The van der Waals surface area contributed by atoms with Gasteiger partial charge in [-0.05, 0) is 12.1 Å². The van der Waals surface area contributed by atoms with E-state index in [1.807, 2.05) is 4.90 Å². The molecule has 0 saturated carbocycles. The first-order chi connectivity index (χ1) is 9.67. The summed E-state index contributed by atoms with van der Waals surface area (Å²) < 4.78 is 27.5. The number of rotatable bonds is 7. The minimum absolute atomic E-state index is 0.330. The van der Waals surface area contributed by atoms with Gasteiger partial charge in [0.2, 0.25) is 0 Å². The molecule has 1 heterocycles. The van der Waals surface area contributed by atoms with Gasteiger partial charge in [0.05, 0.1) is 17.6 Å². The van der Waals surface area contributed by atoms with Crippen LogP contribution in [0.2, 0.25) is 0 Å². The van der Waals surface area contributed by atoms with Crippen molar-refractivity contribution in [3.05, 3.63) is 55.4 Å². The fourth-order valence-electron chi connectivity index (χ4n) is 2.19. The number of imidazole rings is 1. The zero-order valence-corrected chi connectivity index (χ0v) is 11.2. The van der Waals surface area contributed by atoms with Crippen molar-refractivity contribution in [3.63, 3.8) is 0 Å². The zero-order valence-electron chi connectivity index (χ0n) is 11.2. The highest BCUT2D eigenvalue weighted by atomic mass is 19.3. The summed E-state index contributed by atoms with van der Waals surface area (Å²) in [6, 6.07) is 6.92. The Hall–Kier alpha value is -2.01. The Morgan fingerprint density at radius 2 is 1.85 bits per heavy atom. The fraction of sp³-hybridized carbons (Fsp3) is 0.267. The number of nitrogens with zero attached hydrogens (tertiary/aromatic N) is 3. The maximum Gasteiger partial charge on any atom is 0.320 e. The molecule has 0 aliphatic heterocycles. The molecular formula is C15H17F2N3. The van der Waals surface area contributed by atoms with Crippen molar-refractivity contribution in [2.45, 2.75) is 13.1 Å². The van der Waals surface area contributed by atoms with Crippen LogP contribution in [0.3, 0.4) is 0 Å². The number of aromatic nitrogens is 2. The summed E-state index contributed by atoms with van der Waals surface area (Å²) >= 11 is 0. The molecule has 5 heteroatoms. The second-order valence-corrected chi connectivity index (χ2v) is 4.44. The number of hydrogen-bond donors (Lipinski definition) is 0. The summed E-state index contributed by atoms with van der Waals surface area (Å²) in [5.41, 5.74) is 1.04. The van der Waals surface area contributed by atoms with Crippen molar-refractivity contribution in [1.82, 2.24) is 14.5 Å². The molecule has 20 heavy (non-hydrogen) atoms. The molecule has 2 rings (SSSR count). The lowest BCUT2D eigenvalue weighted by molar-refractivity contribution is 0.0690. The summed E-state index contributed by atoms with van der Waals surface area (Å²) in [6.07, 6.45) is 3.47. The molecule has 0 fully saturated rings. The van der Waals surface area contributed by atoms with Crippen LogP contribution in [-0.4, -0.2) is 27.5 Å². The molecule has 0 bridgehead atoms. The van der Waals surface area contributed by atoms with E-state index in [4.69, 9.17) is 0 Å². The van der Waals surface area contributed by atoms with E-state index in [0.29, 0.717) is 36.5 Å². The maximum absolute atomic E-state index is 13.3. The highest BCUT2D eigenvalue weighted by molar-refractivity contribution is 5.75. The largest absolute Gasteiger partial charge is 0.320 e. The van der Waals surface area contributed by atoms with Gasteiger partial charge in [0.15, 0.2) is 0 Å². The molecule has 0 radical (unpaired) electrons. The number of para-hydroxylation sites is 2. The van der Waals surface area contributed by atoms with Crippen molar-refractivity contribution in [2.24, 2.45) is 0 Å². The normalized spacial score (nSPS) is 11.4. The number of halogens is 2. The topological polar surface area (TPSA) is 21.1 Å². The molecule has 1 aromatic heterocycles. The van der Waals surface area contributed by atoms with Crippen molar-refractivity contribution < 1.29 is 8.78 Å². The average molecular weight is 277 g/mol. The Morgan fingerprint density at radius 1 is 1.20 bits per heavy atom. The van der Waals surface area contributed by atoms with Crippen LogP contribution < -0.4 is 0 Å². The van der Waals surface area contributed by atoms with Gasteiger partial charge in [0, 0.05) is 13.1 Å². The number of alkyl halides is 2. The van der Waals surface area contributed by atoms with E-state index in [9.17, 15) is 8.78 Å². The molecule has 1 aromatic carbocycles. The summed E-state index contributed by atoms with van der Waals surface area (Å²) in [6.45, 7) is 6.26. The highest BCUT2D eigenvalue weighted by Crippen LogP contribution is 2.23. The minimum atomic E-state index is -2.60. The van der Waals surface area contributed by atoms with Crippen molar-refractivity contribution in [3.8, 4) is 0 Å². The molecule has 0 saturated heterocycles. The molecule has 0 amide bonds. The first-order valence-corrected chi connectivity index (χ1v) is 6.35. The SMILES string of the molecule is C=CCN(CC=C)Cc1nc2ccccc2n1C(F)F. The van der Waals surface area contributed by atoms with E-state index in [1.165, 1.54) is 0 Å². The monoisotopic (exact) mass is 277 g/mol. The van der Waals surface area contributed by atoms with Crippen LogP contribution in [0.15, 0.2) is 49.6 Å². The summed E-state index contributed by atoms with van der Waals surface area (Å²) in [4.78, 5) is 6.26. The minimum Gasteiger partial charge on any atom is -0.289 e. The van der Waals surface area contributed by atoms with Crippen LogP contribution in [0.4, 0.5) is 8.78 Å². The Balaban J connectivity index is 2.39. The molecule has 0 spiro atoms. The predicted molar refractivity (Wildman–Crippen MR) is 76.7 cm³/mol. The van der Waals surface area contributed by atoms with Crippen molar-refractivity contribution in [2.75, 3.05) is 13.1 Å². The van der Waals surface area contributed by atoms with E-state index in [-0.39, 0.29) is 0 Å². The second kappa shape index (κ2) is 6.43. The van der Waals surface area contributed by atoms with Crippen molar-refractivity contribution in [1.29, 1.82) is 0 Å². The Kier molecular flexibility index (Phi) is 4.63. The average Bonchev–Trinajstić information content (AvgIpc) is 2.77. The Bertz CT molecular complexity index is 594. The van der Waals surface area contributed by atoms with Crippen molar-refractivity contribution >= 4 is 11.0 Å². The third-order valence-electron chi connectivity index (χ3n) is 3.00. The van der Waals surface area contributed by atoms with Gasteiger partial charge in [0.1, 0.15) is 5.82 Å². The zero-order chi connectivity index (χ0) is 14.5. The van der Waals surface area contributed by atoms with Crippen LogP contribution in [0.25, 0.3) is 11.0 Å². The van der Waals surface area contributed by atoms with Crippen LogP contribution in [0.1, 0.15) is 12.4 Å². The van der Waals surface area contributed by atoms with E-state index in [2.05, 4.69) is 18.1 Å². The van der Waals surface area contributed by atoms with Crippen LogP contribution in [0.5, 0.6) is 0 Å². The van der Waals surface area contributed by atoms with Crippen LogP contribution in [-0.2, 0) is 6.54 Å². The van der Waals surface area contributed by atoms with Gasteiger partial charge >= 0.3 is 6.55 Å². The van der Waals surface area contributed by atoms with E-state index < -0.39 is 6.55 Å². The number of benzene rings is 1. The first kappa shape index (κ1) is 14.4. The van der Waals surface area contributed by atoms with Gasteiger partial charge in [-0.15, -0.1) is 13.2 Å². The first-order valence-electron chi connectivity index (χ1n) is 6.35. The van der Waals surface area contributed by atoms with E-state index in [1.54, 1.807) is 36.4 Å². The smallest absolute Gasteiger partial charge is 0.289 e. The van der Waals surface area contributed by atoms with E-state index in [0.717, 1.165) is 4.57 Å². The third kappa shape index (κ3) is 2.93. The third-order valence-corrected chi connectivity index (χ3v) is 3.00. The highest BCUT2D eigenvalue weighted by Gasteiger charge is 2.18. The van der Waals surface area contributed by atoms with E-state index >= 15 is 0 Å². The fourth-order valence-corrected chi connectivity index (χ4v) is 2.19. The summed E-state index contributed by atoms with van der Waals surface area (Å²) in [7, 11) is 0. The quantitative estimate of drug-likeness (QED) is 0.721. The molecule has 3 nitrogen and oxygen atoms in total. The lowest BCUT2D eigenvalue weighted by atomic mass is 10.3. The van der Waals surface area contributed by atoms with Gasteiger partial charge in [-0.3, -0.25) is 9.47 Å². The summed E-state index contributed by atoms with van der Waals surface area (Å²) in [5.74, 6) is 0.352. The molecule has 2 aromatic rings. The molecular weight excluding hydrogens is 260 g/mol. The van der Waals surface area contributed by atoms with Gasteiger partial charge in [-0.2, -0.15) is 8.78 Å². The van der Waals surface area contributed by atoms with Crippen LogP contribution in [0, 0.1) is 0 Å². The van der Waals surface area contributed by atoms with Gasteiger partial charge < -0.3 is 0 Å². The molecule has 0 N–H and O–H groups in total. The molecule has 0 aliphatic carbocycles.